The zero-order chi connectivity index (χ0) is 18.0. The summed E-state index contributed by atoms with van der Waals surface area (Å²) in [6.07, 6.45) is 3.85. The lowest BCUT2D eigenvalue weighted by molar-refractivity contribution is 0.0697. The van der Waals surface area contributed by atoms with Crippen molar-refractivity contribution in [3.05, 3.63) is 63.1 Å². The first-order valence-electron chi connectivity index (χ1n) is 9.12. The SMILES string of the molecule is O=C(O)c1ccc([C@@H]2Nc3c(ccc(Cl)c3Cl)[C@@H]3[C@H]4CC[C@@H](C4)[C@H]32)cc1. The van der Waals surface area contributed by atoms with E-state index in [2.05, 4.69) is 11.4 Å². The molecule has 3 nitrogen and oxygen atoms in total. The highest BCUT2D eigenvalue weighted by molar-refractivity contribution is 6.43. The molecule has 2 fully saturated rings. The van der Waals surface area contributed by atoms with Crippen LogP contribution in [-0.2, 0) is 0 Å². The second-order valence-electron chi connectivity index (χ2n) is 7.81. The number of fused-ring (bicyclic) bond motifs is 7. The summed E-state index contributed by atoms with van der Waals surface area (Å²) in [5.41, 5.74) is 3.70. The number of carboxylic acids is 1. The van der Waals surface area contributed by atoms with Crippen molar-refractivity contribution in [2.75, 3.05) is 5.32 Å². The van der Waals surface area contributed by atoms with Crippen LogP contribution in [0.1, 0.15) is 52.7 Å². The van der Waals surface area contributed by atoms with Crippen molar-refractivity contribution in [2.24, 2.45) is 17.8 Å². The third-order valence-corrected chi connectivity index (χ3v) is 7.47. The fourth-order valence-corrected chi connectivity index (χ4v) is 6.04. The molecule has 26 heavy (non-hydrogen) atoms. The van der Waals surface area contributed by atoms with Crippen molar-refractivity contribution >= 4 is 34.9 Å². The van der Waals surface area contributed by atoms with E-state index in [1.807, 2.05) is 18.2 Å². The highest BCUT2D eigenvalue weighted by Crippen LogP contribution is 2.64. The van der Waals surface area contributed by atoms with Gasteiger partial charge in [-0.2, -0.15) is 0 Å². The van der Waals surface area contributed by atoms with Crippen molar-refractivity contribution < 1.29 is 9.90 Å². The minimum absolute atomic E-state index is 0.140. The molecule has 0 radical (unpaired) electrons. The first kappa shape index (κ1) is 16.5. The van der Waals surface area contributed by atoms with Crippen LogP contribution in [0.2, 0.25) is 10.0 Å². The summed E-state index contributed by atoms with van der Waals surface area (Å²) in [5.74, 6) is 1.55. The third kappa shape index (κ3) is 2.30. The van der Waals surface area contributed by atoms with Gasteiger partial charge in [-0.25, -0.2) is 4.79 Å². The molecule has 134 valence electrons. The van der Waals surface area contributed by atoms with Gasteiger partial charge < -0.3 is 10.4 Å². The van der Waals surface area contributed by atoms with Gasteiger partial charge in [-0.3, -0.25) is 0 Å². The molecule has 1 aliphatic heterocycles. The van der Waals surface area contributed by atoms with Crippen molar-refractivity contribution in [2.45, 2.75) is 31.2 Å². The average Bonchev–Trinajstić information content (AvgIpc) is 3.26. The van der Waals surface area contributed by atoms with Gasteiger partial charge in [-0.15, -0.1) is 0 Å². The number of hydrogen-bond acceptors (Lipinski definition) is 2. The predicted molar refractivity (Wildman–Crippen MR) is 103 cm³/mol. The first-order chi connectivity index (χ1) is 12.5. The maximum Gasteiger partial charge on any atom is 0.335 e. The second kappa shape index (κ2) is 5.90. The van der Waals surface area contributed by atoms with Crippen molar-refractivity contribution in [3.8, 4) is 0 Å². The number of nitrogens with one attached hydrogen (secondary N) is 1. The number of rotatable bonds is 2. The summed E-state index contributed by atoms with van der Waals surface area (Å²) in [6.45, 7) is 0. The number of carboxylic acid groups (broad SMARTS) is 1. The fraction of sp³-hybridized carbons (Fsp3) is 0.381. The summed E-state index contributed by atoms with van der Waals surface area (Å²) in [7, 11) is 0. The monoisotopic (exact) mass is 387 g/mol. The lowest BCUT2D eigenvalue weighted by atomic mass is 9.68. The van der Waals surface area contributed by atoms with Gasteiger partial charge in [0.15, 0.2) is 0 Å². The molecule has 2 aromatic rings. The average molecular weight is 388 g/mol. The molecule has 2 aliphatic carbocycles. The number of aromatic carboxylic acids is 1. The number of benzene rings is 2. The molecule has 2 aromatic carbocycles. The summed E-state index contributed by atoms with van der Waals surface area (Å²) in [6, 6.07) is 11.4. The summed E-state index contributed by atoms with van der Waals surface area (Å²) in [5, 5.41) is 14.0. The molecule has 0 aromatic heterocycles. The van der Waals surface area contributed by atoms with E-state index in [-0.39, 0.29) is 6.04 Å². The molecule has 2 saturated carbocycles. The van der Waals surface area contributed by atoms with Crippen molar-refractivity contribution in [1.82, 2.24) is 0 Å². The van der Waals surface area contributed by atoms with E-state index >= 15 is 0 Å². The molecular formula is C21H19Cl2NO2. The van der Waals surface area contributed by atoms with E-state index in [0.29, 0.717) is 39.3 Å². The zero-order valence-electron chi connectivity index (χ0n) is 14.1. The molecule has 1 heterocycles. The predicted octanol–water partition coefficient (Wildman–Crippen LogP) is 5.99. The Labute approximate surface area is 162 Å². The van der Waals surface area contributed by atoms with Crippen LogP contribution in [0.25, 0.3) is 0 Å². The van der Waals surface area contributed by atoms with Gasteiger partial charge in [0, 0.05) is 0 Å². The molecule has 0 saturated heterocycles. The number of halogens is 2. The molecule has 0 unspecified atom stereocenters. The van der Waals surface area contributed by atoms with Gasteiger partial charge in [0.1, 0.15) is 0 Å². The zero-order valence-corrected chi connectivity index (χ0v) is 15.6. The Bertz CT molecular complexity index is 896. The molecule has 2 bridgehead atoms. The number of carbonyl (C=O) groups is 1. The molecule has 5 heteroatoms. The maximum absolute atomic E-state index is 11.2. The van der Waals surface area contributed by atoms with E-state index in [0.717, 1.165) is 11.3 Å². The van der Waals surface area contributed by atoms with E-state index < -0.39 is 5.97 Å². The molecule has 5 atom stereocenters. The summed E-state index contributed by atoms with van der Waals surface area (Å²) >= 11 is 12.8. The van der Waals surface area contributed by atoms with Crippen LogP contribution in [0.4, 0.5) is 5.69 Å². The van der Waals surface area contributed by atoms with Gasteiger partial charge in [-0.1, -0.05) is 41.4 Å². The first-order valence-corrected chi connectivity index (χ1v) is 9.88. The minimum Gasteiger partial charge on any atom is -0.478 e. The summed E-state index contributed by atoms with van der Waals surface area (Å²) < 4.78 is 0. The van der Waals surface area contributed by atoms with Crippen LogP contribution in [0.3, 0.4) is 0 Å². The van der Waals surface area contributed by atoms with Gasteiger partial charge >= 0.3 is 5.97 Å². The number of hydrogen-bond donors (Lipinski definition) is 2. The lowest BCUT2D eigenvalue weighted by Gasteiger charge is -2.44. The van der Waals surface area contributed by atoms with Gasteiger partial charge in [0.05, 0.1) is 27.3 Å². The van der Waals surface area contributed by atoms with E-state index in [9.17, 15) is 9.90 Å². The Hall–Kier alpha value is -1.71. The Kier molecular flexibility index (Phi) is 3.74. The molecule has 5 rings (SSSR count). The largest absolute Gasteiger partial charge is 0.478 e. The maximum atomic E-state index is 11.2. The molecule has 0 amide bonds. The summed E-state index contributed by atoms with van der Waals surface area (Å²) in [4.78, 5) is 11.2. The van der Waals surface area contributed by atoms with Crippen LogP contribution in [0.15, 0.2) is 36.4 Å². The smallest absolute Gasteiger partial charge is 0.335 e. The normalized spacial score (nSPS) is 31.2. The minimum atomic E-state index is -0.897. The van der Waals surface area contributed by atoms with Crippen molar-refractivity contribution in [3.63, 3.8) is 0 Å². The number of anilines is 1. The molecule has 2 N–H and O–H groups in total. The van der Waals surface area contributed by atoms with Crippen LogP contribution in [0.5, 0.6) is 0 Å². The van der Waals surface area contributed by atoms with Crippen LogP contribution >= 0.6 is 23.2 Å². The van der Waals surface area contributed by atoms with Gasteiger partial charge in [-0.05, 0) is 72.3 Å². The second-order valence-corrected chi connectivity index (χ2v) is 8.60. The Morgan fingerprint density at radius 2 is 1.77 bits per heavy atom. The van der Waals surface area contributed by atoms with Gasteiger partial charge in [0.2, 0.25) is 0 Å². The third-order valence-electron chi connectivity index (χ3n) is 6.67. The Morgan fingerprint density at radius 1 is 1.04 bits per heavy atom. The van der Waals surface area contributed by atoms with Crippen LogP contribution < -0.4 is 5.32 Å². The standard InChI is InChI=1S/C21H19Cl2NO2/c22-15-8-7-14-16-12-5-6-13(9-12)17(16)19(24-20(14)18(15)23)10-1-3-11(4-2-10)21(25)26/h1-4,7-8,12-13,16-17,19,24H,5-6,9H2,(H,25,26)/t12-,13-,16-,17+,19-/m0/s1. The quantitative estimate of drug-likeness (QED) is 0.665. The van der Waals surface area contributed by atoms with Gasteiger partial charge in [0.25, 0.3) is 0 Å². The Balaban J connectivity index is 1.62. The highest BCUT2D eigenvalue weighted by atomic mass is 35.5. The van der Waals surface area contributed by atoms with Crippen LogP contribution in [-0.4, -0.2) is 11.1 Å². The lowest BCUT2D eigenvalue weighted by Crippen LogP contribution is -2.35. The van der Waals surface area contributed by atoms with Crippen molar-refractivity contribution in [1.29, 1.82) is 0 Å². The fourth-order valence-electron chi connectivity index (χ4n) is 5.66. The molecular weight excluding hydrogens is 369 g/mol. The van der Waals surface area contributed by atoms with E-state index in [1.54, 1.807) is 12.1 Å². The molecule has 0 spiro atoms. The topological polar surface area (TPSA) is 49.3 Å². The Morgan fingerprint density at radius 3 is 2.50 bits per heavy atom. The van der Waals surface area contributed by atoms with E-state index in [1.165, 1.54) is 24.8 Å². The van der Waals surface area contributed by atoms with Crippen LogP contribution in [0, 0.1) is 17.8 Å². The van der Waals surface area contributed by atoms with E-state index in [4.69, 9.17) is 23.2 Å². The molecule has 3 aliphatic rings. The highest BCUT2D eigenvalue weighted by Gasteiger charge is 2.54.